The summed E-state index contributed by atoms with van der Waals surface area (Å²) < 4.78 is 22.4. The summed E-state index contributed by atoms with van der Waals surface area (Å²) in [4.78, 5) is 8.59. The molecular formula is C24H18ClN3O4. The summed E-state index contributed by atoms with van der Waals surface area (Å²) >= 11 is 5.92. The molecule has 4 aromatic rings. The van der Waals surface area contributed by atoms with Crippen LogP contribution in [0.5, 0.6) is 28.9 Å². The smallest absolute Gasteiger partial charge is 0.232 e. The summed E-state index contributed by atoms with van der Waals surface area (Å²) in [6, 6.07) is 18.2. The van der Waals surface area contributed by atoms with E-state index in [1.165, 1.54) is 13.3 Å². The maximum Gasteiger partial charge on any atom is 0.232 e. The number of rotatable bonds is 7. The first kappa shape index (κ1) is 21.2. The van der Waals surface area contributed by atoms with E-state index in [4.69, 9.17) is 30.5 Å². The number of aromatic nitrogens is 2. The Labute approximate surface area is 189 Å². The number of benzene rings is 3. The zero-order chi connectivity index (χ0) is 22.5. The van der Waals surface area contributed by atoms with Crippen LogP contribution in [0.4, 0.5) is 0 Å². The fourth-order valence-electron chi connectivity index (χ4n) is 3.03. The van der Waals surface area contributed by atoms with Crippen molar-refractivity contribution < 1.29 is 18.9 Å². The Morgan fingerprint density at radius 2 is 1.72 bits per heavy atom. The van der Waals surface area contributed by atoms with Gasteiger partial charge in [-0.15, -0.1) is 0 Å². The van der Waals surface area contributed by atoms with Crippen LogP contribution in [-0.4, -0.2) is 24.2 Å². The number of nitriles is 1. The van der Waals surface area contributed by atoms with Crippen molar-refractivity contribution >= 4 is 22.6 Å². The predicted molar refractivity (Wildman–Crippen MR) is 120 cm³/mol. The molecule has 0 fully saturated rings. The van der Waals surface area contributed by atoms with E-state index >= 15 is 0 Å². The molecule has 160 valence electrons. The molecule has 0 spiro atoms. The minimum Gasteiger partial charge on any atom is -0.493 e. The Hall–Kier alpha value is -4.02. The molecule has 8 heteroatoms. The minimum atomic E-state index is 0.260. The summed E-state index contributed by atoms with van der Waals surface area (Å²) in [6.45, 7) is 0.359. The van der Waals surface area contributed by atoms with Crippen LogP contribution < -0.4 is 18.9 Å². The Morgan fingerprint density at radius 1 is 0.938 bits per heavy atom. The van der Waals surface area contributed by atoms with E-state index in [0.717, 1.165) is 5.56 Å². The molecule has 7 nitrogen and oxygen atoms in total. The predicted octanol–water partition coefficient (Wildman–Crippen LogP) is 5.54. The van der Waals surface area contributed by atoms with Crippen molar-refractivity contribution in [3.8, 4) is 34.9 Å². The Balaban J connectivity index is 1.58. The number of hydrogen-bond donors (Lipinski definition) is 0. The maximum atomic E-state index is 9.71. The first-order valence-electron chi connectivity index (χ1n) is 9.58. The lowest BCUT2D eigenvalue weighted by molar-refractivity contribution is 0.283. The Kier molecular flexibility index (Phi) is 6.24. The normalized spacial score (nSPS) is 10.4. The summed E-state index contributed by atoms with van der Waals surface area (Å²) in [5, 5.41) is 10.4. The van der Waals surface area contributed by atoms with Crippen molar-refractivity contribution in [2.75, 3.05) is 14.2 Å². The van der Waals surface area contributed by atoms with Crippen LogP contribution in [0.25, 0.3) is 11.0 Å². The largest absolute Gasteiger partial charge is 0.493 e. The van der Waals surface area contributed by atoms with Gasteiger partial charge in [0.25, 0.3) is 0 Å². The molecule has 32 heavy (non-hydrogen) atoms. The van der Waals surface area contributed by atoms with Crippen molar-refractivity contribution in [2.45, 2.75) is 6.61 Å². The Morgan fingerprint density at radius 3 is 2.44 bits per heavy atom. The zero-order valence-electron chi connectivity index (χ0n) is 17.3. The lowest BCUT2D eigenvalue weighted by Crippen LogP contribution is -1.98. The number of hydrogen-bond acceptors (Lipinski definition) is 7. The van der Waals surface area contributed by atoms with Gasteiger partial charge in [0.1, 0.15) is 35.3 Å². The van der Waals surface area contributed by atoms with E-state index in [1.54, 1.807) is 37.4 Å². The molecule has 0 saturated carbocycles. The minimum absolute atomic E-state index is 0.260. The Bertz CT molecular complexity index is 1300. The zero-order valence-corrected chi connectivity index (χ0v) is 18.1. The fraction of sp³-hybridized carbons (Fsp3) is 0.125. The summed E-state index contributed by atoms with van der Waals surface area (Å²) in [5.41, 5.74) is 2.21. The fourth-order valence-corrected chi connectivity index (χ4v) is 3.16. The van der Waals surface area contributed by atoms with Crippen LogP contribution in [0.2, 0.25) is 5.02 Å². The van der Waals surface area contributed by atoms with Gasteiger partial charge in [0.2, 0.25) is 5.88 Å². The molecule has 0 radical (unpaired) electrons. The molecule has 3 aromatic carbocycles. The van der Waals surface area contributed by atoms with Crippen molar-refractivity contribution in [3.05, 3.63) is 76.9 Å². The summed E-state index contributed by atoms with van der Waals surface area (Å²) in [6.07, 6.45) is 1.50. The highest BCUT2D eigenvalue weighted by Gasteiger charge is 2.14. The lowest BCUT2D eigenvalue weighted by atomic mass is 10.1. The van der Waals surface area contributed by atoms with Gasteiger partial charge in [-0.05, 0) is 42.0 Å². The average Bonchev–Trinajstić information content (AvgIpc) is 2.83. The van der Waals surface area contributed by atoms with Crippen LogP contribution in [0.1, 0.15) is 11.1 Å². The molecule has 0 aliphatic rings. The molecule has 0 unspecified atom stereocenters. The van der Waals surface area contributed by atoms with E-state index in [1.807, 2.05) is 24.3 Å². The number of methoxy groups -OCH3 is 2. The van der Waals surface area contributed by atoms with Crippen LogP contribution in [0.3, 0.4) is 0 Å². The van der Waals surface area contributed by atoms with Crippen LogP contribution in [0.15, 0.2) is 60.8 Å². The SMILES string of the molecule is COc1cnc2ccc(Oc3ccc(OCc4ccc(Cl)cc4)c(OC)c3)c(C#N)c2n1. The quantitative estimate of drug-likeness (QED) is 0.367. The number of fused-ring (bicyclic) bond motifs is 1. The number of ether oxygens (including phenoxy) is 4. The molecule has 0 aliphatic carbocycles. The average molecular weight is 448 g/mol. The van der Waals surface area contributed by atoms with Gasteiger partial charge in [0.05, 0.1) is 25.9 Å². The summed E-state index contributed by atoms with van der Waals surface area (Å²) in [7, 11) is 3.04. The van der Waals surface area contributed by atoms with Crippen molar-refractivity contribution in [2.24, 2.45) is 0 Å². The lowest BCUT2D eigenvalue weighted by Gasteiger charge is -2.14. The first-order valence-corrected chi connectivity index (χ1v) is 9.96. The second-order valence-corrected chi connectivity index (χ2v) is 7.10. The third-order valence-corrected chi connectivity index (χ3v) is 4.90. The maximum absolute atomic E-state index is 9.71. The molecule has 0 amide bonds. The third-order valence-electron chi connectivity index (χ3n) is 4.65. The highest BCUT2D eigenvalue weighted by molar-refractivity contribution is 6.30. The van der Waals surface area contributed by atoms with Crippen molar-refractivity contribution in [3.63, 3.8) is 0 Å². The van der Waals surface area contributed by atoms with E-state index in [2.05, 4.69) is 16.0 Å². The van der Waals surface area contributed by atoms with Crippen LogP contribution in [-0.2, 0) is 6.61 Å². The van der Waals surface area contributed by atoms with Gasteiger partial charge in [0, 0.05) is 11.1 Å². The molecule has 0 atom stereocenters. The second kappa shape index (κ2) is 9.41. The van der Waals surface area contributed by atoms with Crippen LogP contribution >= 0.6 is 11.6 Å². The van der Waals surface area contributed by atoms with Gasteiger partial charge in [-0.3, -0.25) is 0 Å². The first-order chi connectivity index (χ1) is 15.6. The molecule has 0 bridgehead atoms. The molecule has 0 saturated heterocycles. The second-order valence-electron chi connectivity index (χ2n) is 6.66. The van der Waals surface area contributed by atoms with Gasteiger partial charge in [0.15, 0.2) is 11.5 Å². The molecule has 1 heterocycles. The van der Waals surface area contributed by atoms with E-state index in [-0.39, 0.29) is 5.56 Å². The number of nitrogens with zero attached hydrogens (tertiary/aromatic N) is 3. The monoisotopic (exact) mass is 447 g/mol. The molecule has 1 aromatic heterocycles. The molecular weight excluding hydrogens is 430 g/mol. The topological polar surface area (TPSA) is 86.5 Å². The van der Waals surface area contributed by atoms with Gasteiger partial charge in [-0.1, -0.05) is 23.7 Å². The molecule has 4 rings (SSSR count). The standard InChI is InChI=1S/C24H18ClN3O4/c1-29-22-11-17(7-9-21(22)31-14-15-3-5-16(25)6-4-15)32-20-10-8-19-24(18(20)12-26)28-23(30-2)13-27-19/h3-11,13H,14H2,1-2H3. The van der Waals surface area contributed by atoms with Crippen molar-refractivity contribution in [1.29, 1.82) is 5.26 Å². The van der Waals surface area contributed by atoms with E-state index < -0.39 is 0 Å². The van der Waals surface area contributed by atoms with Gasteiger partial charge in [-0.25, -0.2) is 9.97 Å². The van der Waals surface area contributed by atoms with E-state index in [0.29, 0.717) is 51.5 Å². The highest BCUT2D eigenvalue weighted by Crippen LogP contribution is 2.36. The van der Waals surface area contributed by atoms with Gasteiger partial charge >= 0.3 is 0 Å². The number of halogens is 1. The molecule has 0 N–H and O–H groups in total. The van der Waals surface area contributed by atoms with Gasteiger partial charge < -0.3 is 18.9 Å². The van der Waals surface area contributed by atoms with Crippen LogP contribution in [0, 0.1) is 11.3 Å². The highest BCUT2D eigenvalue weighted by atomic mass is 35.5. The molecule has 0 aliphatic heterocycles. The van der Waals surface area contributed by atoms with Crippen molar-refractivity contribution in [1.82, 2.24) is 9.97 Å². The van der Waals surface area contributed by atoms with E-state index in [9.17, 15) is 5.26 Å². The third kappa shape index (κ3) is 4.51. The van der Waals surface area contributed by atoms with Gasteiger partial charge in [-0.2, -0.15) is 5.26 Å². The summed E-state index contributed by atoms with van der Waals surface area (Å²) in [5.74, 6) is 2.20.